The topological polar surface area (TPSA) is 41.6 Å². The molecule has 4 rings (SSSR count). The maximum atomic E-state index is 12.8. The third-order valence-corrected chi connectivity index (χ3v) is 5.67. The first-order valence-electron chi connectivity index (χ1n) is 8.58. The molecule has 1 saturated heterocycles. The molecule has 1 N–H and O–H groups in total. The number of benzene rings is 2. The Morgan fingerprint density at radius 3 is 2.84 bits per heavy atom. The van der Waals surface area contributed by atoms with Crippen LogP contribution in [0.3, 0.4) is 0 Å². The largest absolute Gasteiger partial charge is 0.493 e. The lowest BCUT2D eigenvalue weighted by atomic mass is 9.85. The second-order valence-electron chi connectivity index (χ2n) is 6.81. The van der Waals surface area contributed by atoms with Crippen molar-refractivity contribution < 1.29 is 9.53 Å². The molecule has 0 aromatic heterocycles. The van der Waals surface area contributed by atoms with E-state index in [1.807, 2.05) is 42.5 Å². The lowest BCUT2D eigenvalue weighted by Gasteiger charge is -2.32. The van der Waals surface area contributed by atoms with Gasteiger partial charge in [-0.25, -0.2) is 0 Å². The number of nitrogens with zero attached hydrogens (tertiary/aromatic N) is 1. The van der Waals surface area contributed by atoms with Crippen LogP contribution in [0.2, 0.25) is 5.02 Å². The molecule has 130 valence electrons. The van der Waals surface area contributed by atoms with E-state index in [1.165, 1.54) is 5.56 Å². The van der Waals surface area contributed by atoms with E-state index in [1.54, 1.807) is 0 Å². The maximum Gasteiger partial charge on any atom is 0.225 e. The molecule has 2 aromatic carbocycles. The molecule has 0 spiro atoms. The van der Waals surface area contributed by atoms with Gasteiger partial charge in [0.25, 0.3) is 0 Å². The molecule has 2 heterocycles. The van der Waals surface area contributed by atoms with Crippen molar-refractivity contribution in [3.63, 3.8) is 0 Å². The predicted octanol–water partition coefficient (Wildman–Crippen LogP) is 3.27. The number of halogens is 1. The molecule has 5 heteroatoms. The SMILES string of the molecule is CN1C[C@@H](C(=O)NCc2ccccc2Cl)[C@@H]2COc3ccccc3[C@@H]21. The average molecular weight is 357 g/mol. The Balaban J connectivity index is 1.49. The first kappa shape index (κ1) is 16.4. The normalized spacial score (nSPS) is 25.0. The number of amides is 1. The van der Waals surface area contributed by atoms with Gasteiger partial charge in [0.1, 0.15) is 5.75 Å². The van der Waals surface area contributed by atoms with E-state index in [2.05, 4.69) is 23.3 Å². The van der Waals surface area contributed by atoms with Gasteiger partial charge in [0, 0.05) is 35.6 Å². The Kier molecular flexibility index (Phi) is 4.40. The first-order valence-corrected chi connectivity index (χ1v) is 8.96. The summed E-state index contributed by atoms with van der Waals surface area (Å²) in [4.78, 5) is 15.1. The summed E-state index contributed by atoms with van der Waals surface area (Å²) in [6.45, 7) is 1.77. The number of hydrogen-bond donors (Lipinski definition) is 1. The van der Waals surface area contributed by atoms with E-state index in [-0.39, 0.29) is 23.8 Å². The van der Waals surface area contributed by atoms with E-state index >= 15 is 0 Å². The number of ether oxygens (including phenoxy) is 1. The lowest BCUT2D eigenvalue weighted by Crippen LogP contribution is -2.37. The van der Waals surface area contributed by atoms with Crippen LogP contribution in [0.4, 0.5) is 0 Å². The van der Waals surface area contributed by atoms with Gasteiger partial charge in [-0.15, -0.1) is 0 Å². The molecule has 4 nitrogen and oxygen atoms in total. The summed E-state index contributed by atoms with van der Waals surface area (Å²) < 4.78 is 5.92. The Morgan fingerprint density at radius 2 is 2.00 bits per heavy atom. The summed E-state index contributed by atoms with van der Waals surface area (Å²) in [6, 6.07) is 16.0. The van der Waals surface area contributed by atoms with Crippen molar-refractivity contribution in [2.24, 2.45) is 11.8 Å². The minimum Gasteiger partial charge on any atom is -0.493 e. The molecule has 0 unspecified atom stereocenters. The molecule has 1 amide bonds. The molecule has 2 aromatic rings. The van der Waals surface area contributed by atoms with Crippen LogP contribution in [0, 0.1) is 11.8 Å². The molecule has 3 atom stereocenters. The monoisotopic (exact) mass is 356 g/mol. The zero-order valence-electron chi connectivity index (χ0n) is 14.1. The van der Waals surface area contributed by atoms with Gasteiger partial charge in [-0.05, 0) is 24.7 Å². The minimum absolute atomic E-state index is 0.0715. The Labute approximate surface area is 152 Å². The first-order chi connectivity index (χ1) is 12.1. The molecule has 0 bridgehead atoms. The number of rotatable bonds is 3. The van der Waals surface area contributed by atoms with Crippen LogP contribution in [0.25, 0.3) is 0 Å². The van der Waals surface area contributed by atoms with Gasteiger partial charge in [-0.3, -0.25) is 9.69 Å². The van der Waals surface area contributed by atoms with Crippen LogP contribution >= 0.6 is 11.6 Å². The summed E-state index contributed by atoms with van der Waals surface area (Å²) >= 11 is 6.18. The summed E-state index contributed by atoms with van der Waals surface area (Å²) in [5.41, 5.74) is 2.12. The highest BCUT2D eigenvalue weighted by Crippen LogP contribution is 2.46. The van der Waals surface area contributed by atoms with Crippen molar-refractivity contribution in [1.29, 1.82) is 0 Å². The van der Waals surface area contributed by atoms with Crippen molar-refractivity contribution >= 4 is 17.5 Å². The van der Waals surface area contributed by atoms with E-state index in [0.29, 0.717) is 18.2 Å². The Bertz CT molecular complexity index is 795. The number of carbonyl (C=O) groups is 1. The fourth-order valence-electron chi connectivity index (χ4n) is 4.06. The van der Waals surface area contributed by atoms with Gasteiger partial charge < -0.3 is 10.1 Å². The summed E-state index contributed by atoms with van der Waals surface area (Å²) in [5, 5.41) is 3.73. The molecular formula is C20H21ClN2O2. The smallest absolute Gasteiger partial charge is 0.225 e. The number of likely N-dealkylation sites (tertiary alicyclic amines) is 1. The van der Waals surface area contributed by atoms with Gasteiger partial charge in [-0.2, -0.15) is 0 Å². The predicted molar refractivity (Wildman–Crippen MR) is 97.6 cm³/mol. The highest BCUT2D eigenvalue weighted by molar-refractivity contribution is 6.31. The third-order valence-electron chi connectivity index (χ3n) is 5.30. The lowest BCUT2D eigenvalue weighted by molar-refractivity contribution is -0.126. The molecule has 2 aliphatic heterocycles. The van der Waals surface area contributed by atoms with Crippen molar-refractivity contribution in [3.05, 3.63) is 64.7 Å². The van der Waals surface area contributed by atoms with Crippen LogP contribution in [0.1, 0.15) is 17.2 Å². The second-order valence-corrected chi connectivity index (χ2v) is 7.22. The van der Waals surface area contributed by atoms with E-state index in [0.717, 1.165) is 17.9 Å². The molecular weight excluding hydrogens is 336 g/mol. The van der Waals surface area contributed by atoms with Gasteiger partial charge in [0.2, 0.25) is 5.91 Å². The fraction of sp³-hybridized carbons (Fsp3) is 0.350. The summed E-state index contributed by atoms with van der Waals surface area (Å²) in [7, 11) is 2.08. The van der Waals surface area contributed by atoms with Gasteiger partial charge >= 0.3 is 0 Å². The summed E-state index contributed by atoms with van der Waals surface area (Å²) in [5.74, 6) is 1.10. The fourth-order valence-corrected chi connectivity index (χ4v) is 4.26. The van der Waals surface area contributed by atoms with Crippen LogP contribution in [0.15, 0.2) is 48.5 Å². The van der Waals surface area contributed by atoms with Crippen molar-refractivity contribution in [2.75, 3.05) is 20.2 Å². The number of hydrogen-bond acceptors (Lipinski definition) is 3. The molecule has 0 saturated carbocycles. The van der Waals surface area contributed by atoms with E-state index < -0.39 is 0 Å². The number of fused-ring (bicyclic) bond motifs is 3. The van der Waals surface area contributed by atoms with Crippen molar-refractivity contribution in [1.82, 2.24) is 10.2 Å². The van der Waals surface area contributed by atoms with Gasteiger partial charge in [-0.1, -0.05) is 48.0 Å². The third kappa shape index (κ3) is 3.00. The highest BCUT2D eigenvalue weighted by atomic mass is 35.5. The number of nitrogens with one attached hydrogen (secondary N) is 1. The van der Waals surface area contributed by atoms with Crippen LogP contribution in [-0.4, -0.2) is 31.0 Å². The molecule has 2 aliphatic rings. The van der Waals surface area contributed by atoms with E-state index in [4.69, 9.17) is 16.3 Å². The standard InChI is InChI=1S/C20H21ClN2O2/c1-23-11-15(20(24)22-10-13-6-2-4-8-17(13)21)16-12-25-18-9-5-3-7-14(18)19(16)23/h2-9,15-16,19H,10-12H2,1H3,(H,22,24)/t15-,16+,19+/m1/s1. The van der Waals surface area contributed by atoms with Crippen LogP contribution in [0.5, 0.6) is 5.75 Å². The Morgan fingerprint density at radius 1 is 1.24 bits per heavy atom. The van der Waals surface area contributed by atoms with Gasteiger partial charge in [0.05, 0.1) is 12.5 Å². The van der Waals surface area contributed by atoms with Crippen LogP contribution < -0.4 is 10.1 Å². The minimum atomic E-state index is -0.0779. The van der Waals surface area contributed by atoms with Crippen LogP contribution in [-0.2, 0) is 11.3 Å². The van der Waals surface area contributed by atoms with Crippen molar-refractivity contribution in [2.45, 2.75) is 12.6 Å². The number of carbonyl (C=O) groups excluding carboxylic acids is 1. The Hall–Kier alpha value is -2.04. The average Bonchev–Trinajstić information content (AvgIpc) is 2.98. The van der Waals surface area contributed by atoms with Crippen molar-refractivity contribution in [3.8, 4) is 5.75 Å². The zero-order valence-corrected chi connectivity index (χ0v) is 14.9. The maximum absolute atomic E-state index is 12.8. The second kappa shape index (κ2) is 6.70. The molecule has 1 fully saturated rings. The quantitative estimate of drug-likeness (QED) is 0.917. The van der Waals surface area contributed by atoms with Gasteiger partial charge in [0.15, 0.2) is 0 Å². The highest BCUT2D eigenvalue weighted by Gasteiger charge is 2.47. The molecule has 0 radical (unpaired) electrons. The summed E-state index contributed by atoms with van der Waals surface area (Å²) in [6.07, 6.45) is 0. The molecule has 0 aliphatic carbocycles. The number of para-hydroxylation sites is 1. The van der Waals surface area contributed by atoms with E-state index in [9.17, 15) is 4.79 Å². The molecule has 25 heavy (non-hydrogen) atoms. The zero-order chi connectivity index (χ0) is 17.4.